The van der Waals surface area contributed by atoms with Crippen molar-refractivity contribution < 1.29 is 0 Å². The van der Waals surface area contributed by atoms with Gasteiger partial charge in [0, 0.05) is 103 Å². The van der Waals surface area contributed by atoms with Gasteiger partial charge in [0.25, 0.3) is 0 Å². The molecule has 0 spiro atoms. The van der Waals surface area contributed by atoms with Crippen LogP contribution in [-0.2, 0) is 0 Å². The van der Waals surface area contributed by atoms with Crippen LogP contribution in [0.4, 0.5) is 0 Å². The van der Waals surface area contributed by atoms with Crippen molar-refractivity contribution in [2.45, 2.75) is 62.3 Å². The smallest absolute Gasteiger partial charge is 0.128 e. The van der Waals surface area contributed by atoms with Crippen LogP contribution < -0.4 is 0 Å². The first kappa shape index (κ1) is 56.3. The van der Waals surface area contributed by atoms with Crippen molar-refractivity contribution in [1.82, 2.24) is 74.8 Å². The number of rotatable bonds is 1. The molecular weight excluding hydrogens is 859 g/mol. The van der Waals surface area contributed by atoms with Gasteiger partial charge in [0.2, 0.25) is 0 Å². The van der Waals surface area contributed by atoms with Crippen LogP contribution in [-0.4, -0.2) is 74.8 Å². The van der Waals surface area contributed by atoms with Crippen molar-refractivity contribution >= 4 is 0 Å². The molecule has 9 heterocycles. The van der Waals surface area contributed by atoms with E-state index < -0.39 is 0 Å². The molecule has 15 nitrogen and oxygen atoms in total. The minimum absolute atomic E-state index is 0.759. The normalized spacial score (nSPS) is 8.94. The first-order chi connectivity index (χ1) is 33.5. The SMILES string of the molecule is Cc1cc(-c2ccccc2)ccn1.Cc1ccccn1.Cc1cccnc1.Cc1ccncc1.Cc1ccncn1.Cc1ccncn1.Cc1cnccn1.Cc1ncccn1.Cc1ncncn1. The van der Waals surface area contributed by atoms with Gasteiger partial charge in [0.15, 0.2) is 0 Å². The van der Waals surface area contributed by atoms with Gasteiger partial charge < -0.3 is 0 Å². The molecule has 0 atom stereocenters. The molecule has 15 heteroatoms. The van der Waals surface area contributed by atoms with E-state index in [4.69, 9.17) is 0 Å². The van der Waals surface area contributed by atoms with Crippen LogP contribution in [0, 0.1) is 62.3 Å². The summed E-state index contributed by atoms with van der Waals surface area (Å²) < 4.78 is 0. The predicted octanol–water partition coefficient (Wildman–Crippen LogP) is 10.5. The second kappa shape index (κ2) is 37.4. The molecule has 0 unspecified atom stereocenters. The molecule has 0 saturated heterocycles. The van der Waals surface area contributed by atoms with E-state index in [-0.39, 0.29) is 0 Å². The molecule has 0 amide bonds. The lowest BCUT2D eigenvalue weighted by Gasteiger charge is -2.00. The minimum atomic E-state index is 0.759. The fraction of sp³-hybridized carbons (Fsp3) is 0.167. The van der Waals surface area contributed by atoms with E-state index in [1.54, 1.807) is 74.2 Å². The maximum absolute atomic E-state index is 4.17. The number of benzene rings is 1. The van der Waals surface area contributed by atoms with Crippen molar-refractivity contribution in [2.24, 2.45) is 0 Å². The van der Waals surface area contributed by atoms with Gasteiger partial charge in [-0.15, -0.1) is 0 Å². The topological polar surface area (TPSA) is 193 Å². The Bertz CT molecular complexity index is 2210. The summed E-state index contributed by atoms with van der Waals surface area (Å²) in [5.41, 5.74) is 10.1. The molecule has 0 bridgehead atoms. The van der Waals surface area contributed by atoms with Crippen LogP contribution in [0.1, 0.15) is 51.2 Å². The van der Waals surface area contributed by atoms with E-state index in [1.807, 2.05) is 154 Å². The average Bonchev–Trinajstić information content (AvgIpc) is 3.38. The van der Waals surface area contributed by atoms with Crippen LogP contribution >= 0.6 is 0 Å². The summed E-state index contributed by atoms with van der Waals surface area (Å²) in [6.07, 6.45) is 28.8. The summed E-state index contributed by atoms with van der Waals surface area (Å²) in [7, 11) is 0. The van der Waals surface area contributed by atoms with Gasteiger partial charge in [0.1, 0.15) is 37.0 Å². The highest BCUT2D eigenvalue weighted by Gasteiger charge is 1.95. The van der Waals surface area contributed by atoms with Crippen molar-refractivity contribution in [3.05, 3.63) is 260 Å². The number of aryl methyl sites for hydroxylation is 9. The molecule has 0 aliphatic carbocycles. The maximum Gasteiger partial charge on any atom is 0.128 e. The first-order valence-corrected chi connectivity index (χ1v) is 21.6. The lowest BCUT2D eigenvalue weighted by Crippen LogP contribution is -1.84. The third kappa shape index (κ3) is 32.5. The van der Waals surface area contributed by atoms with Crippen molar-refractivity contribution in [2.75, 3.05) is 0 Å². The molecule has 1 aromatic carbocycles. The molecular formula is C54H61N15. The Kier molecular flexibility index (Phi) is 30.5. The number of hydrogen-bond acceptors (Lipinski definition) is 15. The van der Waals surface area contributed by atoms with Crippen molar-refractivity contribution in [1.29, 1.82) is 0 Å². The van der Waals surface area contributed by atoms with Gasteiger partial charge >= 0.3 is 0 Å². The highest BCUT2D eigenvalue weighted by Crippen LogP contribution is 2.18. The number of aromatic nitrogens is 15. The van der Waals surface area contributed by atoms with Crippen molar-refractivity contribution in [3.8, 4) is 11.1 Å². The maximum atomic E-state index is 4.17. The van der Waals surface area contributed by atoms with Crippen molar-refractivity contribution in [3.63, 3.8) is 0 Å². The number of nitrogens with zero attached hydrogens (tertiary/aromatic N) is 15. The molecule has 0 aliphatic heterocycles. The van der Waals surface area contributed by atoms with E-state index in [0.717, 1.165) is 40.1 Å². The summed E-state index contributed by atoms with van der Waals surface area (Å²) in [4.78, 5) is 57.7. The third-order valence-corrected chi connectivity index (χ3v) is 7.94. The average molecular weight is 920 g/mol. The summed E-state index contributed by atoms with van der Waals surface area (Å²) in [5.74, 6) is 1.58. The molecule has 9 aromatic heterocycles. The molecule has 0 saturated carbocycles. The van der Waals surface area contributed by atoms with Crippen LogP contribution in [0.5, 0.6) is 0 Å². The van der Waals surface area contributed by atoms with E-state index in [1.165, 1.54) is 47.6 Å². The molecule has 69 heavy (non-hydrogen) atoms. The lowest BCUT2D eigenvalue weighted by atomic mass is 10.1. The molecule has 0 aliphatic rings. The lowest BCUT2D eigenvalue weighted by molar-refractivity contribution is 0.974. The van der Waals surface area contributed by atoms with Crippen LogP contribution in [0.15, 0.2) is 209 Å². The highest BCUT2D eigenvalue weighted by molar-refractivity contribution is 5.63. The summed E-state index contributed by atoms with van der Waals surface area (Å²) >= 11 is 0. The van der Waals surface area contributed by atoms with E-state index in [2.05, 4.69) is 93.0 Å². The monoisotopic (exact) mass is 920 g/mol. The first-order valence-electron chi connectivity index (χ1n) is 21.6. The Morgan fingerprint density at radius 3 is 1.12 bits per heavy atom. The van der Waals surface area contributed by atoms with Crippen LogP contribution in [0.3, 0.4) is 0 Å². The van der Waals surface area contributed by atoms with Gasteiger partial charge in [-0.2, -0.15) is 0 Å². The Balaban J connectivity index is 0.000000269. The molecule has 0 radical (unpaired) electrons. The zero-order valence-electron chi connectivity index (χ0n) is 40.8. The zero-order chi connectivity index (χ0) is 50.0. The Morgan fingerprint density at radius 2 is 0.783 bits per heavy atom. The standard InChI is InChI=1S/C12H11N.3C6H7N.4C5H6N2.C4H5N3/c1-10-9-12(7-8-13-10)11-5-3-2-4-6-11;1-6-2-4-7-5-3-6;1-6-3-2-4-7-5-6;1-6-4-2-3-5-7-6;1-5-4-6-2-3-7-5;2*1-5-2-3-6-4-7-5;1-5-6-3-2-4-7-5;1-4-6-2-5-3-7-4/h2-9H,1H3;3*2-5H,1H3;4*2-4H,1H3;2-3H,1H3. The Hall–Kier alpha value is -8.85. The molecule has 0 N–H and O–H groups in total. The van der Waals surface area contributed by atoms with Gasteiger partial charge in [-0.05, 0) is 145 Å². The number of hydrogen-bond donors (Lipinski definition) is 0. The molecule has 10 aromatic rings. The zero-order valence-corrected chi connectivity index (χ0v) is 40.8. The van der Waals surface area contributed by atoms with Crippen LogP contribution in [0.25, 0.3) is 11.1 Å². The van der Waals surface area contributed by atoms with Crippen LogP contribution in [0.2, 0.25) is 0 Å². The second-order valence-corrected chi connectivity index (χ2v) is 14.1. The highest BCUT2D eigenvalue weighted by atomic mass is 15.0. The molecule has 0 fully saturated rings. The fourth-order valence-corrected chi connectivity index (χ4v) is 4.44. The van der Waals surface area contributed by atoms with Gasteiger partial charge in [0.05, 0.1) is 5.69 Å². The van der Waals surface area contributed by atoms with E-state index in [9.17, 15) is 0 Å². The number of pyridine rings is 4. The van der Waals surface area contributed by atoms with E-state index >= 15 is 0 Å². The minimum Gasteiger partial charge on any atom is -0.265 e. The van der Waals surface area contributed by atoms with Gasteiger partial charge in [-0.25, -0.2) is 44.9 Å². The summed E-state index contributed by atoms with van der Waals surface area (Å²) in [6.45, 7) is 17.5. The summed E-state index contributed by atoms with van der Waals surface area (Å²) in [6, 6.07) is 33.7. The molecule has 352 valence electrons. The van der Waals surface area contributed by atoms with E-state index in [0.29, 0.717) is 0 Å². The predicted molar refractivity (Wildman–Crippen MR) is 273 cm³/mol. The van der Waals surface area contributed by atoms with Gasteiger partial charge in [-0.3, -0.25) is 29.9 Å². The second-order valence-electron chi connectivity index (χ2n) is 14.1. The molecule has 10 rings (SSSR count). The fourth-order valence-electron chi connectivity index (χ4n) is 4.44. The Morgan fingerprint density at radius 1 is 0.246 bits per heavy atom. The quantitative estimate of drug-likeness (QED) is 0.151. The third-order valence-electron chi connectivity index (χ3n) is 7.94. The van der Waals surface area contributed by atoms with Gasteiger partial charge in [-0.1, -0.05) is 42.5 Å². The largest absolute Gasteiger partial charge is 0.265 e. The Labute approximate surface area is 407 Å². The summed E-state index contributed by atoms with van der Waals surface area (Å²) in [5, 5.41) is 0.